The van der Waals surface area contributed by atoms with Gasteiger partial charge in [-0.25, -0.2) is 9.97 Å². The summed E-state index contributed by atoms with van der Waals surface area (Å²) in [5.74, 6) is 3.55. The zero-order valence-corrected chi connectivity index (χ0v) is 9.87. The zero-order valence-electron chi connectivity index (χ0n) is 8.28. The highest BCUT2D eigenvalue weighted by Gasteiger charge is 2.52. The largest absolute Gasteiger partial charge is 0.369 e. The standard InChI is InChI=1S/C10H13BrN4/c11-9-4-13-5-15-10(9)14-3-8-6-1-12-2-7(6)8/h4-8,12H,1-3H2,(H,13,14,15). The van der Waals surface area contributed by atoms with E-state index in [2.05, 4.69) is 36.5 Å². The van der Waals surface area contributed by atoms with Crippen LogP contribution in [0.25, 0.3) is 0 Å². The molecule has 1 aliphatic carbocycles. The molecule has 1 aromatic rings. The lowest BCUT2D eigenvalue weighted by molar-refractivity contribution is 0.614. The molecule has 4 nitrogen and oxygen atoms in total. The number of nitrogens with zero attached hydrogens (tertiary/aromatic N) is 2. The van der Waals surface area contributed by atoms with E-state index in [0.717, 1.165) is 34.6 Å². The van der Waals surface area contributed by atoms with Crippen molar-refractivity contribution in [3.63, 3.8) is 0 Å². The Labute approximate surface area is 97.0 Å². The summed E-state index contributed by atoms with van der Waals surface area (Å²) < 4.78 is 0.939. The lowest BCUT2D eigenvalue weighted by atomic mass is 10.3. The molecule has 0 amide bonds. The molecule has 1 saturated carbocycles. The number of rotatable bonds is 3. The van der Waals surface area contributed by atoms with Crippen LogP contribution in [0.2, 0.25) is 0 Å². The van der Waals surface area contributed by atoms with Crippen LogP contribution in [0.15, 0.2) is 17.0 Å². The van der Waals surface area contributed by atoms with Gasteiger partial charge >= 0.3 is 0 Å². The zero-order chi connectivity index (χ0) is 10.3. The number of hydrogen-bond donors (Lipinski definition) is 2. The number of fused-ring (bicyclic) bond motifs is 1. The van der Waals surface area contributed by atoms with Crippen LogP contribution in [0.5, 0.6) is 0 Å². The summed E-state index contributed by atoms with van der Waals surface area (Å²) in [5, 5.41) is 6.78. The highest BCUT2D eigenvalue weighted by Crippen LogP contribution is 2.48. The van der Waals surface area contributed by atoms with Crippen molar-refractivity contribution in [3.8, 4) is 0 Å². The van der Waals surface area contributed by atoms with E-state index >= 15 is 0 Å². The molecule has 2 unspecified atom stereocenters. The molecule has 80 valence electrons. The molecule has 1 saturated heterocycles. The third-order valence-corrected chi connectivity index (χ3v) is 4.02. The Kier molecular flexibility index (Phi) is 2.36. The van der Waals surface area contributed by atoms with Crippen molar-refractivity contribution in [2.45, 2.75) is 0 Å². The first-order valence-corrected chi connectivity index (χ1v) is 6.05. The predicted molar refractivity (Wildman–Crippen MR) is 61.6 cm³/mol. The lowest BCUT2D eigenvalue weighted by Gasteiger charge is -2.08. The first kappa shape index (κ1) is 9.54. The second-order valence-corrected chi connectivity index (χ2v) is 5.10. The van der Waals surface area contributed by atoms with E-state index < -0.39 is 0 Å². The maximum absolute atomic E-state index is 4.19. The monoisotopic (exact) mass is 268 g/mol. The van der Waals surface area contributed by atoms with Crippen molar-refractivity contribution in [1.29, 1.82) is 0 Å². The number of aromatic nitrogens is 2. The Morgan fingerprint density at radius 1 is 1.47 bits per heavy atom. The van der Waals surface area contributed by atoms with Gasteiger partial charge in [0.25, 0.3) is 0 Å². The number of piperidine rings is 1. The molecule has 2 atom stereocenters. The van der Waals surface area contributed by atoms with Gasteiger partial charge in [-0.05, 0) is 46.8 Å². The minimum Gasteiger partial charge on any atom is -0.369 e. The maximum Gasteiger partial charge on any atom is 0.143 e. The molecular weight excluding hydrogens is 256 g/mol. The Bertz CT molecular complexity index is 360. The molecule has 1 aliphatic heterocycles. The molecule has 1 aromatic heterocycles. The minimum absolute atomic E-state index is 0.841. The summed E-state index contributed by atoms with van der Waals surface area (Å²) in [6.07, 6.45) is 3.34. The van der Waals surface area contributed by atoms with E-state index in [9.17, 15) is 0 Å². The second kappa shape index (κ2) is 3.72. The van der Waals surface area contributed by atoms with Crippen molar-refractivity contribution < 1.29 is 0 Å². The van der Waals surface area contributed by atoms with Gasteiger partial charge in [0.1, 0.15) is 12.1 Å². The fraction of sp³-hybridized carbons (Fsp3) is 0.600. The fourth-order valence-electron chi connectivity index (χ4n) is 2.51. The smallest absolute Gasteiger partial charge is 0.143 e. The first-order chi connectivity index (χ1) is 7.36. The molecule has 15 heavy (non-hydrogen) atoms. The van der Waals surface area contributed by atoms with Gasteiger partial charge in [0.05, 0.1) is 4.47 Å². The normalized spacial score (nSPS) is 32.5. The van der Waals surface area contributed by atoms with Gasteiger partial charge in [0.15, 0.2) is 0 Å². The van der Waals surface area contributed by atoms with Crippen LogP contribution in [0.1, 0.15) is 0 Å². The number of halogens is 1. The summed E-state index contributed by atoms with van der Waals surface area (Å²) in [6, 6.07) is 0. The minimum atomic E-state index is 0.841. The van der Waals surface area contributed by atoms with E-state index in [1.807, 2.05) is 0 Å². The summed E-state index contributed by atoms with van der Waals surface area (Å²) in [6.45, 7) is 3.43. The molecular formula is C10H13BrN4. The van der Waals surface area contributed by atoms with Crippen LogP contribution < -0.4 is 10.6 Å². The Morgan fingerprint density at radius 3 is 3.00 bits per heavy atom. The summed E-state index contributed by atoms with van der Waals surface area (Å²) >= 11 is 3.43. The van der Waals surface area contributed by atoms with Gasteiger partial charge in [-0.15, -0.1) is 0 Å². The Balaban J connectivity index is 1.57. The van der Waals surface area contributed by atoms with Gasteiger partial charge in [-0.1, -0.05) is 0 Å². The van der Waals surface area contributed by atoms with Crippen molar-refractivity contribution >= 4 is 21.7 Å². The van der Waals surface area contributed by atoms with E-state index in [4.69, 9.17) is 0 Å². The number of hydrogen-bond acceptors (Lipinski definition) is 4. The van der Waals surface area contributed by atoms with E-state index in [0.29, 0.717) is 0 Å². The van der Waals surface area contributed by atoms with E-state index in [1.54, 1.807) is 12.5 Å². The average molecular weight is 269 g/mol. The van der Waals surface area contributed by atoms with E-state index in [1.165, 1.54) is 13.1 Å². The topological polar surface area (TPSA) is 49.8 Å². The highest BCUT2D eigenvalue weighted by molar-refractivity contribution is 9.10. The first-order valence-electron chi connectivity index (χ1n) is 5.26. The SMILES string of the molecule is Brc1cncnc1NCC1C2CNCC21. The third-order valence-electron chi connectivity index (χ3n) is 3.44. The predicted octanol–water partition coefficient (Wildman–Crippen LogP) is 1.12. The molecule has 0 bridgehead atoms. The van der Waals surface area contributed by atoms with Gasteiger partial charge in [-0.3, -0.25) is 0 Å². The van der Waals surface area contributed by atoms with Crippen LogP contribution in [0.4, 0.5) is 5.82 Å². The van der Waals surface area contributed by atoms with Crippen molar-refractivity contribution in [3.05, 3.63) is 17.0 Å². The second-order valence-electron chi connectivity index (χ2n) is 4.25. The lowest BCUT2D eigenvalue weighted by Crippen LogP contribution is -2.18. The summed E-state index contributed by atoms with van der Waals surface area (Å²) in [5.41, 5.74) is 0. The van der Waals surface area contributed by atoms with Crippen LogP contribution >= 0.6 is 15.9 Å². The molecule has 2 fully saturated rings. The fourth-order valence-corrected chi connectivity index (χ4v) is 2.87. The molecule has 3 rings (SSSR count). The molecule has 5 heteroatoms. The summed E-state index contributed by atoms with van der Waals surface area (Å²) in [7, 11) is 0. The number of nitrogens with one attached hydrogen (secondary N) is 2. The van der Waals surface area contributed by atoms with Crippen molar-refractivity contribution in [1.82, 2.24) is 15.3 Å². The maximum atomic E-state index is 4.19. The van der Waals surface area contributed by atoms with Crippen LogP contribution in [0, 0.1) is 17.8 Å². The average Bonchev–Trinajstić information content (AvgIpc) is 2.71. The van der Waals surface area contributed by atoms with Crippen molar-refractivity contribution in [2.24, 2.45) is 17.8 Å². The van der Waals surface area contributed by atoms with Gasteiger partial charge in [0, 0.05) is 12.7 Å². The molecule has 0 spiro atoms. The van der Waals surface area contributed by atoms with Crippen LogP contribution in [0.3, 0.4) is 0 Å². The number of anilines is 1. The van der Waals surface area contributed by atoms with Gasteiger partial charge in [-0.2, -0.15) is 0 Å². The quantitative estimate of drug-likeness (QED) is 0.863. The molecule has 2 heterocycles. The van der Waals surface area contributed by atoms with Gasteiger partial charge in [0.2, 0.25) is 0 Å². The highest BCUT2D eigenvalue weighted by atomic mass is 79.9. The molecule has 2 N–H and O–H groups in total. The third kappa shape index (κ3) is 1.74. The van der Waals surface area contributed by atoms with Crippen LogP contribution in [-0.2, 0) is 0 Å². The van der Waals surface area contributed by atoms with Crippen LogP contribution in [-0.4, -0.2) is 29.6 Å². The van der Waals surface area contributed by atoms with Gasteiger partial charge < -0.3 is 10.6 Å². The Morgan fingerprint density at radius 2 is 2.27 bits per heavy atom. The molecule has 2 aliphatic rings. The Hall–Kier alpha value is -0.680. The molecule has 0 aromatic carbocycles. The molecule has 0 radical (unpaired) electrons. The summed E-state index contributed by atoms with van der Waals surface area (Å²) in [4.78, 5) is 8.12. The van der Waals surface area contributed by atoms with Crippen molar-refractivity contribution in [2.75, 3.05) is 25.0 Å². The van der Waals surface area contributed by atoms with E-state index in [-0.39, 0.29) is 0 Å².